The van der Waals surface area contributed by atoms with E-state index in [1.54, 1.807) is 12.3 Å². The number of hydrogen-bond acceptors (Lipinski definition) is 3. The number of rotatable bonds is 2. The Hall–Kier alpha value is -0.870. The van der Waals surface area contributed by atoms with E-state index in [2.05, 4.69) is 4.98 Å². The van der Waals surface area contributed by atoms with E-state index in [0.717, 1.165) is 0 Å². The zero-order valence-corrected chi connectivity index (χ0v) is 9.82. The van der Waals surface area contributed by atoms with E-state index in [1.165, 1.54) is 6.07 Å². The van der Waals surface area contributed by atoms with Crippen LogP contribution >= 0.6 is 11.6 Å². The fraction of sp³-hybridized carbons (Fsp3) is 0.545. The van der Waals surface area contributed by atoms with Crippen molar-refractivity contribution in [3.8, 4) is 0 Å². The molecule has 0 bridgehead atoms. The van der Waals surface area contributed by atoms with Crippen LogP contribution in [0.4, 0.5) is 10.2 Å². The van der Waals surface area contributed by atoms with Gasteiger partial charge < -0.3 is 9.64 Å². The molecule has 0 N–H and O–H groups in total. The van der Waals surface area contributed by atoms with Gasteiger partial charge in [-0.1, -0.05) is 0 Å². The molecule has 0 radical (unpaired) electrons. The number of hydrogen-bond donors (Lipinski definition) is 0. The van der Waals surface area contributed by atoms with E-state index in [1.807, 2.05) is 11.8 Å². The third kappa shape index (κ3) is 2.44. The number of halogens is 2. The van der Waals surface area contributed by atoms with E-state index in [0.29, 0.717) is 24.8 Å². The summed E-state index contributed by atoms with van der Waals surface area (Å²) in [5.41, 5.74) is 0. The zero-order chi connectivity index (χ0) is 11.5. The van der Waals surface area contributed by atoms with Gasteiger partial charge in [-0.2, -0.15) is 0 Å². The van der Waals surface area contributed by atoms with Crippen molar-refractivity contribution in [3.05, 3.63) is 24.1 Å². The lowest BCUT2D eigenvalue weighted by molar-refractivity contribution is -0.00376. The first-order valence-corrected chi connectivity index (χ1v) is 5.81. The number of morpholine rings is 1. The molecule has 16 heavy (non-hydrogen) atoms. The number of nitrogens with zero attached hydrogens (tertiary/aromatic N) is 2. The molecule has 3 nitrogen and oxygen atoms in total. The van der Waals surface area contributed by atoms with E-state index >= 15 is 0 Å². The van der Waals surface area contributed by atoms with Crippen LogP contribution in [0.15, 0.2) is 18.3 Å². The van der Waals surface area contributed by atoms with Crippen LogP contribution in [0.5, 0.6) is 0 Å². The van der Waals surface area contributed by atoms with Crippen LogP contribution in [0.2, 0.25) is 0 Å². The van der Waals surface area contributed by atoms with Crippen LogP contribution in [-0.2, 0) is 4.74 Å². The highest BCUT2D eigenvalue weighted by Crippen LogP contribution is 2.21. The summed E-state index contributed by atoms with van der Waals surface area (Å²) in [4.78, 5) is 5.94. The molecule has 1 aliphatic rings. The normalized spacial score (nSPS) is 25.8. The molecule has 1 aliphatic heterocycles. The van der Waals surface area contributed by atoms with Crippen molar-refractivity contribution in [1.82, 2.24) is 4.98 Å². The van der Waals surface area contributed by atoms with Crippen LogP contribution in [0.1, 0.15) is 6.92 Å². The Kier molecular flexibility index (Phi) is 3.61. The van der Waals surface area contributed by atoms with Crippen LogP contribution in [-0.4, -0.2) is 36.2 Å². The first-order valence-electron chi connectivity index (χ1n) is 5.27. The summed E-state index contributed by atoms with van der Waals surface area (Å²) in [6, 6.07) is 3.00. The predicted octanol–water partition coefficient (Wildman–Crippen LogP) is 2.05. The Bertz CT molecular complexity index is 364. The first kappa shape index (κ1) is 11.6. The van der Waals surface area contributed by atoms with Gasteiger partial charge in [0.15, 0.2) is 11.6 Å². The van der Waals surface area contributed by atoms with E-state index in [9.17, 15) is 4.39 Å². The smallest absolute Gasteiger partial charge is 0.165 e. The van der Waals surface area contributed by atoms with Crippen molar-refractivity contribution < 1.29 is 9.13 Å². The molecule has 2 unspecified atom stereocenters. The minimum atomic E-state index is -0.301. The summed E-state index contributed by atoms with van der Waals surface area (Å²) in [5, 5.41) is 0. The third-order valence-corrected chi connectivity index (χ3v) is 2.88. The van der Waals surface area contributed by atoms with Gasteiger partial charge >= 0.3 is 0 Å². The van der Waals surface area contributed by atoms with Gasteiger partial charge in [-0.05, 0) is 19.1 Å². The highest BCUT2D eigenvalue weighted by Gasteiger charge is 2.26. The lowest BCUT2D eigenvalue weighted by Crippen LogP contribution is -2.48. The lowest BCUT2D eigenvalue weighted by Gasteiger charge is -2.36. The molecule has 0 saturated carbocycles. The van der Waals surface area contributed by atoms with Gasteiger partial charge in [0.25, 0.3) is 0 Å². The van der Waals surface area contributed by atoms with Crippen molar-refractivity contribution in [3.63, 3.8) is 0 Å². The van der Waals surface area contributed by atoms with Crippen LogP contribution in [0, 0.1) is 5.82 Å². The minimum Gasteiger partial charge on any atom is -0.370 e. The van der Waals surface area contributed by atoms with Crippen molar-refractivity contribution in [2.24, 2.45) is 0 Å². The molecular weight excluding hydrogens is 231 g/mol. The fourth-order valence-electron chi connectivity index (χ4n) is 1.91. The second-order valence-corrected chi connectivity index (χ2v) is 4.25. The fourth-order valence-corrected chi connectivity index (χ4v) is 2.08. The molecule has 2 rings (SSSR count). The molecule has 0 spiro atoms. The average molecular weight is 245 g/mol. The zero-order valence-electron chi connectivity index (χ0n) is 9.07. The van der Waals surface area contributed by atoms with Gasteiger partial charge in [0, 0.05) is 19.3 Å². The summed E-state index contributed by atoms with van der Waals surface area (Å²) in [6.07, 6.45) is 1.57. The molecule has 1 aromatic rings. The average Bonchev–Trinajstić information content (AvgIpc) is 2.28. The molecule has 0 amide bonds. The standard InChI is InChI=1S/C11H14ClFN2O/c1-8-6-15(7-9(5-12)16-8)11-10(13)3-2-4-14-11/h2-4,8-9H,5-7H2,1H3. The summed E-state index contributed by atoms with van der Waals surface area (Å²) in [7, 11) is 0. The number of ether oxygens (including phenoxy) is 1. The van der Waals surface area contributed by atoms with Crippen molar-refractivity contribution in [2.75, 3.05) is 23.9 Å². The molecule has 2 heterocycles. The summed E-state index contributed by atoms with van der Waals surface area (Å²) < 4.78 is 19.2. The quantitative estimate of drug-likeness (QED) is 0.745. The van der Waals surface area contributed by atoms with E-state index in [-0.39, 0.29) is 18.0 Å². The lowest BCUT2D eigenvalue weighted by atomic mass is 10.2. The summed E-state index contributed by atoms with van der Waals surface area (Å²) in [5.74, 6) is 0.493. The predicted molar refractivity (Wildman–Crippen MR) is 61.5 cm³/mol. The van der Waals surface area contributed by atoms with Gasteiger partial charge in [0.2, 0.25) is 0 Å². The minimum absolute atomic E-state index is 0.0407. The molecule has 0 aliphatic carbocycles. The van der Waals surface area contributed by atoms with Gasteiger partial charge in [0.1, 0.15) is 0 Å². The third-order valence-electron chi connectivity index (χ3n) is 2.54. The second-order valence-electron chi connectivity index (χ2n) is 3.94. The molecular formula is C11H14ClFN2O. The number of alkyl halides is 1. The molecule has 1 saturated heterocycles. The maximum atomic E-state index is 13.6. The molecule has 1 aromatic heterocycles. The molecule has 1 fully saturated rings. The highest BCUT2D eigenvalue weighted by molar-refractivity contribution is 6.18. The summed E-state index contributed by atoms with van der Waals surface area (Å²) in [6.45, 7) is 3.18. The van der Waals surface area contributed by atoms with E-state index < -0.39 is 0 Å². The van der Waals surface area contributed by atoms with Crippen molar-refractivity contribution in [2.45, 2.75) is 19.1 Å². The Morgan fingerprint density at radius 1 is 1.62 bits per heavy atom. The van der Waals surface area contributed by atoms with Crippen molar-refractivity contribution >= 4 is 17.4 Å². The number of pyridine rings is 1. The van der Waals surface area contributed by atoms with E-state index in [4.69, 9.17) is 16.3 Å². The van der Waals surface area contributed by atoms with Crippen LogP contribution < -0.4 is 4.90 Å². The molecule has 0 aromatic carbocycles. The Balaban J connectivity index is 2.17. The second kappa shape index (κ2) is 4.97. The highest BCUT2D eigenvalue weighted by atomic mass is 35.5. The maximum absolute atomic E-state index is 13.6. The molecule has 2 atom stereocenters. The Morgan fingerprint density at radius 2 is 2.44 bits per heavy atom. The SMILES string of the molecule is CC1CN(c2ncccc2F)CC(CCl)O1. The molecule has 88 valence electrons. The summed E-state index contributed by atoms with van der Waals surface area (Å²) >= 11 is 5.77. The van der Waals surface area contributed by atoms with Gasteiger partial charge in [-0.25, -0.2) is 9.37 Å². The number of anilines is 1. The topological polar surface area (TPSA) is 25.4 Å². The van der Waals surface area contributed by atoms with Crippen molar-refractivity contribution in [1.29, 1.82) is 0 Å². The van der Waals surface area contributed by atoms with Gasteiger partial charge in [0.05, 0.1) is 18.1 Å². The monoisotopic (exact) mass is 244 g/mol. The molecule has 5 heteroatoms. The Labute approximate surface area is 99.2 Å². The van der Waals surface area contributed by atoms with Crippen LogP contribution in [0.25, 0.3) is 0 Å². The largest absolute Gasteiger partial charge is 0.370 e. The number of aromatic nitrogens is 1. The Morgan fingerprint density at radius 3 is 3.12 bits per heavy atom. The van der Waals surface area contributed by atoms with Gasteiger partial charge in [-0.15, -0.1) is 11.6 Å². The van der Waals surface area contributed by atoms with Gasteiger partial charge in [-0.3, -0.25) is 0 Å². The maximum Gasteiger partial charge on any atom is 0.165 e. The van der Waals surface area contributed by atoms with Crippen LogP contribution in [0.3, 0.4) is 0 Å². The first-order chi connectivity index (χ1) is 7.70.